The van der Waals surface area contributed by atoms with Crippen LogP contribution in [0.25, 0.3) is 22.4 Å². The predicted octanol–water partition coefficient (Wildman–Crippen LogP) is 3.41. The molecule has 5 nitrogen and oxygen atoms in total. The normalized spacial score (nSPS) is 10.8. The molecular formula is C17H17N3O2. The molecule has 0 atom stereocenters. The number of ether oxygens (including phenoxy) is 1. The summed E-state index contributed by atoms with van der Waals surface area (Å²) >= 11 is 0. The second kappa shape index (κ2) is 5.89. The standard InChI is InChI=1S/C17H17N3O2/c1-2-7-22-16-6-4-12(9-13(16)18)17-19-14-5-3-11(10-21)8-15(14)20-17/h3-6,8-10H,2,7,18H2,1H3,(H,19,20). The van der Waals surface area contributed by atoms with Gasteiger partial charge in [-0.15, -0.1) is 0 Å². The molecule has 0 saturated heterocycles. The molecular weight excluding hydrogens is 278 g/mol. The van der Waals surface area contributed by atoms with Gasteiger partial charge in [-0.1, -0.05) is 6.92 Å². The summed E-state index contributed by atoms with van der Waals surface area (Å²) in [6.45, 7) is 2.69. The van der Waals surface area contributed by atoms with Crippen LogP contribution in [0.2, 0.25) is 0 Å². The van der Waals surface area contributed by atoms with Crippen molar-refractivity contribution in [2.24, 2.45) is 0 Å². The summed E-state index contributed by atoms with van der Waals surface area (Å²) in [4.78, 5) is 18.6. The van der Waals surface area contributed by atoms with Gasteiger partial charge in [-0.05, 0) is 42.8 Å². The van der Waals surface area contributed by atoms with E-state index in [-0.39, 0.29) is 0 Å². The number of carbonyl (C=O) groups is 1. The lowest BCUT2D eigenvalue weighted by Gasteiger charge is -2.08. The molecule has 3 N–H and O–H groups in total. The highest BCUT2D eigenvalue weighted by Gasteiger charge is 2.08. The van der Waals surface area contributed by atoms with E-state index < -0.39 is 0 Å². The number of anilines is 1. The molecule has 0 spiro atoms. The third-order valence-corrected chi connectivity index (χ3v) is 3.39. The maximum atomic E-state index is 10.8. The summed E-state index contributed by atoms with van der Waals surface area (Å²) in [5.41, 5.74) is 9.74. The van der Waals surface area contributed by atoms with Crippen LogP contribution in [0.1, 0.15) is 23.7 Å². The molecule has 1 heterocycles. The number of aromatic amines is 1. The summed E-state index contributed by atoms with van der Waals surface area (Å²) in [7, 11) is 0. The van der Waals surface area contributed by atoms with Crippen molar-refractivity contribution < 1.29 is 9.53 Å². The Hall–Kier alpha value is -2.82. The number of carbonyl (C=O) groups excluding carboxylic acids is 1. The van der Waals surface area contributed by atoms with Gasteiger partial charge in [0.1, 0.15) is 17.9 Å². The number of hydrogen-bond donors (Lipinski definition) is 2. The number of hydrogen-bond acceptors (Lipinski definition) is 4. The topological polar surface area (TPSA) is 81.0 Å². The van der Waals surface area contributed by atoms with Crippen molar-refractivity contribution >= 4 is 23.0 Å². The van der Waals surface area contributed by atoms with Crippen LogP contribution in [-0.4, -0.2) is 22.9 Å². The van der Waals surface area contributed by atoms with Gasteiger partial charge in [0.25, 0.3) is 0 Å². The molecule has 0 aliphatic heterocycles. The Kier molecular flexibility index (Phi) is 3.78. The first-order valence-electron chi connectivity index (χ1n) is 7.19. The lowest BCUT2D eigenvalue weighted by molar-refractivity contribution is 0.112. The molecule has 3 aromatic rings. The lowest BCUT2D eigenvalue weighted by atomic mass is 10.2. The molecule has 5 heteroatoms. The lowest BCUT2D eigenvalue weighted by Crippen LogP contribution is -1.99. The van der Waals surface area contributed by atoms with Gasteiger partial charge < -0.3 is 15.5 Å². The monoisotopic (exact) mass is 295 g/mol. The van der Waals surface area contributed by atoms with Crippen molar-refractivity contribution in [3.63, 3.8) is 0 Å². The van der Waals surface area contributed by atoms with Crippen molar-refractivity contribution in [3.05, 3.63) is 42.0 Å². The number of nitrogens with one attached hydrogen (secondary N) is 1. The molecule has 0 radical (unpaired) electrons. The van der Waals surface area contributed by atoms with E-state index in [4.69, 9.17) is 10.5 Å². The van der Waals surface area contributed by atoms with Crippen molar-refractivity contribution in [1.29, 1.82) is 0 Å². The molecule has 0 aliphatic rings. The molecule has 0 saturated carbocycles. The van der Waals surface area contributed by atoms with Gasteiger partial charge in [-0.3, -0.25) is 4.79 Å². The average Bonchev–Trinajstić information content (AvgIpc) is 2.96. The van der Waals surface area contributed by atoms with Crippen molar-refractivity contribution in [3.8, 4) is 17.1 Å². The van der Waals surface area contributed by atoms with E-state index in [9.17, 15) is 4.79 Å². The van der Waals surface area contributed by atoms with Crippen molar-refractivity contribution in [2.75, 3.05) is 12.3 Å². The Morgan fingerprint density at radius 3 is 2.86 bits per heavy atom. The second-order valence-corrected chi connectivity index (χ2v) is 5.08. The summed E-state index contributed by atoms with van der Waals surface area (Å²) in [6, 6.07) is 10.9. The third-order valence-electron chi connectivity index (χ3n) is 3.39. The molecule has 0 fully saturated rings. The van der Waals surface area contributed by atoms with Crippen molar-refractivity contribution in [2.45, 2.75) is 13.3 Å². The van der Waals surface area contributed by atoms with Crippen LogP contribution in [-0.2, 0) is 0 Å². The van der Waals surface area contributed by atoms with Crippen LogP contribution in [0.15, 0.2) is 36.4 Å². The van der Waals surface area contributed by atoms with E-state index in [1.54, 1.807) is 12.1 Å². The number of nitrogen functional groups attached to an aromatic ring is 1. The number of aldehydes is 1. The number of rotatable bonds is 5. The number of benzene rings is 2. The fourth-order valence-electron chi connectivity index (χ4n) is 2.28. The summed E-state index contributed by atoms with van der Waals surface area (Å²) in [5.74, 6) is 1.40. The average molecular weight is 295 g/mol. The van der Waals surface area contributed by atoms with E-state index >= 15 is 0 Å². The molecule has 1 aromatic heterocycles. The van der Waals surface area contributed by atoms with Gasteiger partial charge >= 0.3 is 0 Å². The van der Waals surface area contributed by atoms with E-state index in [1.165, 1.54) is 0 Å². The highest BCUT2D eigenvalue weighted by molar-refractivity contribution is 5.86. The quantitative estimate of drug-likeness (QED) is 0.558. The van der Waals surface area contributed by atoms with Gasteiger partial charge in [-0.25, -0.2) is 4.98 Å². The molecule has 0 unspecified atom stereocenters. The number of H-pyrrole nitrogens is 1. The number of imidazole rings is 1. The minimum Gasteiger partial charge on any atom is -0.491 e. The minimum absolute atomic E-state index is 0.583. The van der Waals surface area contributed by atoms with Crippen LogP contribution >= 0.6 is 0 Å². The van der Waals surface area contributed by atoms with Crippen LogP contribution < -0.4 is 10.5 Å². The Bertz CT molecular complexity index is 824. The Labute approximate surface area is 128 Å². The molecule has 0 amide bonds. The maximum absolute atomic E-state index is 10.8. The minimum atomic E-state index is 0.583. The number of fused-ring (bicyclic) bond motifs is 1. The van der Waals surface area contributed by atoms with Crippen LogP contribution in [0, 0.1) is 0 Å². The maximum Gasteiger partial charge on any atom is 0.150 e. The van der Waals surface area contributed by atoms with E-state index in [0.717, 1.165) is 29.3 Å². The predicted molar refractivity (Wildman–Crippen MR) is 87.1 cm³/mol. The number of aromatic nitrogens is 2. The van der Waals surface area contributed by atoms with Gasteiger partial charge in [0.05, 0.1) is 23.3 Å². The number of nitrogens with zero attached hydrogens (tertiary/aromatic N) is 1. The van der Waals surface area contributed by atoms with E-state index in [1.807, 2.05) is 31.2 Å². The Balaban J connectivity index is 1.96. The van der Waals surface area contributed by atoms with Gasteiger partial charge in [0, 0.05) is 11.1 Å². The smallest absolute Gasteiger partial charge is 0.150 e. The van der Waals surface area contributed by atoms with E-state index in [2.05, 4.69) is 9.97 Å². The molecule has 22 heavy (non-hydrogen) atoms. The fourth-order valence-corrected chi connectivity index (χ4v) is 2.28. The van der Waals surface area contributed by atoms with Crippen LogP contribution in [0.5, 0.6) is 5.75 Å². The Morgan fingerprint density at radius 2 is 2.14 bits per heavy atom. The Morgan fingerprint density at radius 1 is 1.27 bits per heavy atom. The van der Waals surface area contributed by atoms with E-state index in [0.29, 0.717) is 29.4 Å². The van der Waals surface area contributed by atoms with Crippen molar-refractivity contribution in [1.82, 2.24) is 9.97 Å². The van der Waals surface area contributed by atoms with Crippen LogP contribution in [0.3, 0.4) is 0 Å². The zero-order valence-electron chi connectivity index (χ0n) is 12.3. The highest BCUT2D eigenvalue weighted by Crippen LogP contribution is 2.28. The molecule has 3 rings (SSSR count). The van der Waals surface area contributed by atoms with Gasteiger partial charge in [-0.2, -0.15) is 0 Å². The highest BCUT2D eigenvalue weighted by atomic mass is 16.5. The summed E-state index contributed by atoms with van der Waals surface area (Å²) < 4.78 is 5.57. The largest absolute Gasteiger partial charge is 0.491 e. The first-order valence-corrected chi connectivity index (χ1v) is 7.19. The molecule has 0 bridgehead atoms. The van der Waals surface area contributed by atoms with Crippen LogP contribution in [0.4, 0.5) is 5.69 Å². The zero-order chi connectivity index (χ0) is 15.5. The first kappa shape index (κ1) is 14.1. The van der Waals surface area contributed by atoms with Gasteiger partial charge in [0.15, 0.2) is 0 Å². The molecule has 0 aliphatic carbocycles. The fraction of sp³-hybridized carbons (Fsp3) is 0.176. The zero-order valence-corrected chi connectivity index (χ0v) is 12.3. The summed E-state index contributed by atoms with van der Waals surface area (Å²) in [6.07, 6.45) is 1.75. The second-order valence-electron chi connectivity index (χ2n) is 5.08. The third kappa shape index (κ3) is 2.65. The molecule has 2 aromatic carbocycles. The first-order chi connectivity index (χ1) is 10.7. The SMILES string of the molecule is CCCOc1ccc(-c2nc3ccc(C=O)cc3[nH]2)cc1N. The number of nitrogens with two attached hydrogens (primary N) is 1. The van der Waals surface area contributed by atoms with Gasteiger partial charge in [0.2, 0.25) is 0 Å². The summed E-state index contributed by atoms with van der Waals surface area (Å²) in [5, 5.41) is 0. The molecule has 112 valence electrons.